The Hall–Kier alpha value is -1.45. The van der Waals surface area contributed by atoms with E-state index in [0.29, 0.717) is 6.04 Å². The lowest BCUT2D eigenvalue weighted by Gasteiger charge is -2.12. The van der Waals surface area contributed by atoms with E-state index >= 15 is 0 Å². The second kappa shape index (κ2) is 7.53. The summed E-state index contributed by atoms with van der Waals surface area (Å²) in [4.78, 5) is 2.45. The topological polar surface area (TPSA) is 21.3 Å². The van der Waals surface area contributed by atoms with E-state index < -0.39 is 0 Å². The monoisotopic (exact) mass is 301 g/mol. The molecule has 112 valence electrons. The van der Waals surface area contributed by atoms with Crippen molar-refractivity contribution in [3.63, 3.8) is 0 Å². The Labute approximate surface area is 131 Å². The first-order valence-electron chi connectivity index (χ1n) is 7.23. The smallest absolute Gasteiger partial charge is 0.119 e. The summed E-state index contributed by atoms with van der Waals surface area (Å²) in [5.74, 6) is 0.898. The number of rotatable bonds is 6. The Kier molecular flexibility index (Phi) is 5.71. The zero-order valence-electron chi connectivity index (χ0n) is 13.1. The minimum Gasteiger partial charge on any atom is -0.497 e. The zero-order chi connectivity index (χ0) is 15.2. The first kappa shape index (κ1) is 15.9. The van der Waals surface area contributed by atoms with Gasteiger partial charge < -0.3 is 10.1 Å². The minimum atomic E-state index is 0.509. The molecule has 0 bridgehead atoms. The maximum atomic E-state index is 5.27. The molecule has 0 radical (unpaired) electrons. The average Bonchev–Trinajstić information content (AvgIpc) is 2.46. The maximum Gasteiger partial charge on any atom is 0.119 e. The van der Waals surface area contributed by atoms with Crippen LogP contribution in [0.3, 0.4) is 0 Å². The number of benzene rings is 2. The fraction of sp³-hybridized carbons (Fsp3) is 0.333. The van der Waals surface area contributed by atoms with Crippen LogP contribution in [0.1, 0.15) is 25.0 Å². The third-order valence-electron chi connectivity index (χ3n) is 3.29. The third-order valence-corrected chi connectivity index (χ3v) is 4.27. The normalized spacial score (nSPS) is 10.9. The summed E-state index contributed by atoms with van der Waals surface area (Å²) in [6, 6.07) is 15.3. The molecule has 0 atom stereocenters. The van der Waals surface area contributed by atoms with Crippen molar-refractivity contribution >= 4 is 11.8 Å². The summed E-state index contributed by atoms with van der Waals surface area (Å²) in [5.41, 5.74) is 2.69. The summed E-state index contributed by atoms with van der Waals surface area (Å²) >= 11 is 1.76. The van der Waals surface area contributed by atoms with Crippen LogP contribution in [0.5, 0.6) is 5.75 Å². The van der Waals surface area contributed by atoms with E-state index in [4.69, 9.17) is 4.74 Å². The van der Waals surface area contributed by atoms with Gasteiger partial charge in [-0.05, 0) is 48.4 Å². The minimum absolute atomic E-state index is 0.509. The van der Waals surface area contributed by atoms with Crippen molar-refractivity contribution in [3.05, 3.63) is 53.6 Å². The fourth-order valence-corrected chi connectivity index (χ4v) is 3.01. The lowest BCUT2D eigenvalue weighted by molar-refractivity contribution is 0.413. The van der Waals surface area contributed by atoms with Gasteiger partial charge in [-0.2, -0.15) is 0 Å². The van der Waals surface area contributed by atoms with Crippen LogP contribution in [0.2, 0.25) is 0 Å². The number of ether oxygens (including phenoxy) is 1. The molecule has 21 heavy (non-hydrogen) atoms. The Balaban J connectivity index is 2.09. The highest BCUT2D eigenvalue weighted by Gasteiger charge is 2.04. The van der Waals surface area contributed by atoms with Gasteiger partial charge >= 0.3 is 0 Å². The van der Waals surface area contributed by atoms with Crippen LogP contribution >= 0.6 is 11.8 Å². The van der Waals surface area contributed by atoms with Gasteiger partial charge in [0.1, 0.15) is 5.75 Å². The van der Waals surface area contributed by atoms with Crippen LogP contribution in [-0.2, 0) is 6.54 Å². The molecule has 0 spiro atoms. The van der Waals surface area contributed by atoms with Crippen LogP contribution in [-0.4, -0.2) is 13.2 Å². The zero-order valence-corrected chi connectivity index (χ0v) is 14.0. The van der Waals surface area contributed by atoms with Gasteiger partial charge in [-0.3, -0.25) is 0 Å². The Morgan fingerprint density at radius 2 is 1.86 bits per heavy atom. The second-order valence-electron chi connectivity index (χ2n) is 5.40. The molecule has 0 amide bonds. The number of methoxy groups -OCH3 is 1. The SMILES string of the molecule is COc1cccc(Sc2ccc(CNC(C)C)c(C)c2)c1. The molecule has 0 aliphatic rings. The lowest BCUT2D eigenvalue weighted by Crippen LogP contribution is -2.22. The highest BCUT2D eigenvalue weighted by atomic mass is 32.2. The molecule has 0 fully saturated rings. The highest BCUT2D eigenvalue weighted by Crippen LogP contribution is 2.31. The molecule has 0 saturated carbocycles. The van der Waals surface area contributed by atoms with Gasteiger partial charge in [0, 0.05) is 22.4 Å². The fourth-order valence-electron chi connectivity index (χ4n) is 2.05. The van der Waals surface area contributed by atoms with Crippen molar-refractivity contribution < 1.29 is 4.74 Å². The molecule has 0 aromatic heterocycles. The van der Waals surface area contributed by atoms with Crippen LogP contribution in [0.4, 0.5) is 0 Å². The van der Waals surface area contributed by atoms with E-state index in [1.165, 1.54) is 20.9 Å². The second-order valence-corrected chi connectivity index (χ2v) is 6.55. The summed E-state index contributed by atoms with van der Waals surface area (Å²) in [6.07, 6.45) is 0. The molecule has 0 unspecified atom stereocenters. The van der Waals surface area contributed by atoms with Gasteiger partial charge in [0.25, 0.3) is 0 Å². The van der Waals surface area contributed by atoms with Gasteiger partial charge in [0.15, 0.2) is 0 Å². The van der Waals surface area contributed by atoms with E-state index in [1.54, 1.807) is 18.9 Å². The van der Waals surface area contributed by atoms with Crippen molar-refractivity contribution in [1.29, 1.82) is 0 Å². The lowest BCUT2D eigenvalue weighted by atomic mass is 10.1. The van der Waals surface area contributed by atoms with Gasteiger partial charge in [0.05, 0.1) is 7.11 Å². The highest BCUT2D eigenvalue weighted by molar-refractivity contribution is 7.99. The van der Waals surface area contributed by atoms with Crippen LogP contribution in [0.15, 0.2) is 52.3 Å². The largest absolute Gasteiger partial charge is 0.497 e. The van der Waals surface area contributed by atoms with Crippen molar-refractivity contribution in [1.82, 2.24) is 5.32 Å². The van der Waals surface area contributed by atoms with E-state index in [0.717, 1.165) is 12.3 Å². The number of nitrogens with one attached hydrogen (secondary N) is 1. The van der Waals surface area contributed by atoms with Gasteiger partial charge in [-0.15, -0.1) is 0 Å². The van der Waals surface area contributed by atoms with E-state index in [2.05, 4.69) is 56.4 Å². The summed E-state index contributed by atoms with van der Waals surface area (Å²) < 4.78 is 5.27. The van der Waals surface area contributed by atoms with E-state index in [9.17, 15) is 0 Å². The van der Waals surface area contributed by atoms with Crippen molar-refractivity contribution in [2.45, 2.75) is 43.1 Å². The summed E-state index contributed by atoms with van der Waals surface area (Å²) in [5, 5.41) is 3.46. The Bertz CT molecular complexity index is 596. The predicted octanol–water partition coefficient (Wildman–Crippen LogP) is 4.65. The Morgan fingerprint density at radius 3 is 2.52 bits per heavy atom. The third kappa shape index (κ3) is 4.80. The molecule has 0 saturated heterocycles. The predicted molar refractivity (Wildman–Crippen MR) is 90.3 cm³/mol. The molecule has 3 heteroatoms. The van der Waals surface area contributed by atoms with Crippen molar-refractivity contribution in [2.75, 3.05) is 7.11 Å². The molecule has 0 heterocycles. The first-order valence-corrected chi connectivity index (χ1v) is 8.05. The van der Waals surface area contributed by atoms with Crippen molar-refractivity contribution in [3.8, 4) is 5.75 Å². The van der Waals surface area contributed by atoms with Crippen LogP contribution < -0.4 is 10.1 Å². The Morgan fingerprint density at radius 1 is 1.10 bits per heavy atom. The number of aryl methyl sites for hydroxylation is 1. The maximum absolute atomic E-state index is 5.27. The molecule has 2 nitrogen and oxygen atoms in total. The molecule has 1 N–H and O–H groups in total. The van der Waals surface area contributed by atoms with Crippen LogP contribution in [0.25, 0.3) is 0 Å². The molecule has 0 aliphatic carbocycles. The molecule has 2 aromatic carbocycles. The standard InChI is InChI=1S/C18H23NOS/c1-13(2)19-12-15-8-9-18(10-14(15)3)21-17-7-5-6-16(11-17)20-4/h5-11,13,19H,12H2,1-4H3. The number of hydrogen-bond acceptors (Lipinski definition) is 3. The van der Waals surface area contributed by atoms with Gasteiger partial charge in [-0.25, -0.2) is 0 Å². The summed E-state index contributed by atoms with van der Waals surface area (Å²) in [7, 11) is 1.70. The van der Waals surface area contributed by atoms with Gasteiger partial charge in [-0.1, -0.05) is 37.7 Å². The van der Waals surface area contributed by atoms with Crippen LogP contribution in [0, 0.1) is 6.92 Å². The van der Waals surface area contributed by atoms with Crippen molar-refractivity contribution in [2.24, 2.45) is 0 Å². The summed E-state index contributed by atoms with van der Waals surface area (Å²) in [6.45, 7) is 7.44. The van der Waals surface area contributed by atoms with E-state index in [1.807, 2.05) is 12.1 Å². The molecular weight excluding hydrogens is 278 g/mol. The molecule has 2 rings (SSSR count). The molecular formula is C18H23NOS. The molecule has 2 aromatic rings. The molecule has 0 aliphatic heterocycles. The first-order chi connectivity index (χ1) is 10.1. The quantitative estimate of drug-likeness (QED) is 0.839. The average molecular weight is 301 g/mol. The van der Waals surface area contributed by atoms with Gasteiger partial charge in [0.2, 0.25) is 0 Å². The van der Waals surface area contributed by atoms with E-state index in [-0.39, 0.29) is 0 Å². The number of hydrogen-bond donors (Lipinski definition) is 1.